The van der Waals surface area contributed by atoms with E-state index in [9.17, 15) is 4.79 Å². The molecule has 2 N–H and O–H groups in total. The number of nitrogens with one attached hydrogen (secondary N) is 2. The van der Waals surface area contributed by atoms with E-state index in [1.807, 2.05) is 50.4 Å². The maximum atomic E-state index is 12.6. The summed E-state index contributed by atoms with van der Waals surface area (Å²) >= 11 is 0. The topological polar surface area (TPSA) is 42.8 Å². The average Bonchev–Trinajstić information content (AvgIpc) is 2.62. The number of hydrogen-bond acceptors (Lipinski definition) is 2. The molecule has 0 fully saturated rings. The van der Waals surface area contributed by atoms with Crippen LogP contribution in [0.2, 0.25) is 0 Å². The number of aryl methyl sites for hydroxylation is 1. The van der Waals surface area contributed by atoms with Gasteiger partial charge in [-0.1, -0.05) is 44.7 Å². The summed E-state index contributed by atoms with van der Waals surface area (Å²) in [5.74, 6) is 1.23. The van der Waals surface area contributed by atoms with Gasteiger partial charge in [-0.25, -0.2) is 0 Å². The lowest BCUT2D eigenvalue weighted by Gasteiger charge is -2.18. The standard InChI is InChI=1S/C23H30N2O2/c1-6-14-27-20-12-10-19(11-13-20)15-25(5)16-22(26)24-23-18(4)8-7-9-21(23)17(2)3/h6-13,17H,1,14-16H2,2-5H3,(H,24,26)/p+1. The molecule has 0 aliphatic carbocycles. The second-order valence-corrected chi connectivity index (χ2v) is 7.30. The zero-order chi connectivity index (χ0) is 19.8. The maximum absolute atomic E-state index is 12.6. The molecule has 2 rings (SSSR count). The number of benzene rings is 2. The average molecular weight is 368 g/mol. The first-order valence-electron chi connectivity index (χ1n) is 9.44. The van der Waals surface area contributed by atoms with Crippen molar-refractivity contribution in [2.75, 3.05) is 25.5 Å². The van der Waals surface area contributed by atoms with Gasteiger partial charge in [0.25, 0.3) is 5.91 Å². The number of carbonyl (C=O) groups excluding carboxylic acids is 1. The highest BCUT2D eigenvalue weighted by Crippen LogP contribution is 2.27. The quantitative estimate of drug-likeness (QED) is 0.668. The molecule has 0 aliphatic rings. The number of ether oxygens (including phenoxy) is 1. The zero-order valence-electron chi connectivity index (χ0n) is 16.8. The van der Waals surface area contributed by atoms with Crippen LogP contribution in [-0.2, 0) is 11.3 Å². The summed E-state index contributed by atoms with van der Waals surface area (Å²) < 4.78 is 5.50. The van der Waals surface area contributed by atoms with Crippen LogP contribution in [0.3, 0.4) is 0 Å². The largest absolute Gasteiger partial charge is 0.490 e. The number of carbonyl (C=O) groups is 1. The van der Waals surface area contributed by atoms with Crippen LogP contribution in [0.4, 0.5) is 5.69 Å². The molecule has 0 saturated heterocycles. The highest BCUT2D eigenvalue weighted by atomic mass is 16.5. The Bertz CT molecular complexity index is 766. The predicted octanol–water partition coefficient (Wildman–Crippen LogP) is 3.34. The van der Waals surface area contributed by atoms with E-state index in [4.69, 9.17) is 4.74 Å². The van der Waals surface area contributed by atoms with Gasteiger partial charge in [-0.3, -0.25) is 4.79 Å². The molecule has 1 atom stereocenters. The Morgan fingerprint density at radius 1 is 1.22 bits per heavy atom. The number of likely N-dealkylation sites (N-methyl/N-ethyl adjacent to an activating group) is 1. The summed E-state index contributed by atoms with van der Waals surface area (Å²) in [5, 5.41) is 3.12. The van der Waals surface area contributed by atoms with E-state index in [0.717, 1.165) is 28.4 Å². The van der Waals surface area contributed by atoms with Gasteiger partial charge >= 0.3 is 0 Å². The van der Waals surface area contributed by atoms with Gasteiger partial charge in [0.15, 0.2) is 6.54 Å². The smallest absolute Gasteiger partial charge is 0.279 e. The number of rotatable bonds is 9. The molecule has 2 aromatic rings. The Morgan fingerprint density at radius 2 is 1.93 bits per heavy atom. The molecule has 0 spiro atoms. The van der Waals surface area contributed by atoms with Crippen LogP contribution < -0.4 is 15.0 Å². The van der Waals surface area contributed by atoms with Crippen molar-refractivity contribution in [3.8, 4) is 5.75 Å². The first-order valence-corrected chi connectivity index (χ1v) is 9.44. The van der Waals surface area contributed by atoms with Gasteiger partial charge in [-0.05, 0) is 48.2 Å². The first kappa shape index (κ1) is 20.7. The van der Waals surface area contributed by atoms with Crippen molar-refractivity contribution >= 4 is 11.6 Å². The first-order chi connectivity index (χ1) is 12.9. The minimum atomic E-state index is 0.0367. The molecule has 0 aliphatic heterocycles. The van der Waals surface area contributed by atoms with E-state index in [2.05, 4.69) is 31.8 Å². The highest BCUT2D eigenvalue weighted by Gasteiger charge is 2.15. The fourth-order valence-corrected chi connectivity index (χ4v) is 3.07. The SMILES string of the molecule is C=CCOc1ccc(C[NH+](C)CC(=O)Nc2c(C)cccc2C(C)C)cc1. The third kappa shape index (κ3) is 6.26. The second-order valence-electron chi connectivity index (χ2n) is 7.30. The van der Waals surface area contributed by atoms with E-state index in [1.165, 1.54) is 11.1 Å². The molecule has 1 amide bonds. The number of para-hydroxylation sites is 1. The van der Waals surface area contributed by atoms with E-state index in [0.29, 0.717) is 19.1 Å². The van der Waals surface area contributed by atoms with E-state index >= 15 is 0 Å². The van der Waals surface area contributed by atoms with Crippen molar-refractivity contribution < 1.29 is 14.4 Å². The Kier molecular flexibility index (Phi) is 7.62. The van der Waals surface area contributed by atoms with Gasteiger partial charge in [0.05, 0.1) is 7.05 Å². The number of quaternary nitrogens is 1. The van der Waals surface area contributed by atoms with Crippen LogP contribution in [0, 0.1) is 6.92 Å². The molecule has 0 saturated carbocycles. The number of anilines is 1. The molecule has 0 heterocycles. The van der Waals surface area contributed by atoms with Gasteiger partial charge in [-0.15, -0.1) is 0 Å². The van der Waals surface area contributed by atoms with Crippen molar-refractivity contribution in [1.29, 1.82) is 0 Å². The van der Waals surface area contributed by atoms with Crippen molar-refractivity contribution in [3.05, 3.63) is 71.8 Å². The van der Waals surface area contributed by atoms with Crippen molar-refractivity contribution in [3.63, 3.8) is 0 Å². The fraction of sp³-hybridized carbons (Fsp3) is 0.348. The predicted molar refractivity (Wildman–Crippen MR) is 111 cm³/mol. The summed E-state index contributed by atoms with van der Waals surface area (Å²) in [5.41, 5.74) is 4.40. The monoisotopic (exact) mass is 367 g/mol. The van der Waals surface area contributed by atoms with Crippen LogP contribution in [-0.4, -0.2) is 26.1 Å². The minimum Gasteiger partial charge on any atom is -0.490 e. The molecular formula is C23H31N2O2+. The third-order valence-corrected chi connectivity index (χ3v) is 4.45. The molecule has 1 unspecified atom stereocenters. The fourth-order valence-electron chi connectivity index (χ4n) is 3.07. The lowest BCUT2D eigenvalue weighted by molar-refractivity contribution is -0.885. The van der Waals surface area contributed by atoms with Crippen molar-refractivity contribution in [2.45, 2.75) is 33.2 Å². The Balaban J connectivity index is 1.93. The van der Waals surface area contributed by atoms with E-state index < -0.39 is 0 Å². The summed E-state index contributed by atoms with van der Waals surface area (Å²) in [6.45, 7) is 11.7. The van der Waals surface area contributed by atoms with Gasteiger partial charge in [0, 0.05) is 11.3 Å². The van der Waals surface area contributed by atoms with Gasteiger partial charge in [0.2, 0.25) is 0 Å². The van der Waals surface area contributed by atoms with Crippen molar-refractivity contribution in [2.24, 2.45) is 0 Å². The van der Waals surface area contributed by atoms with Crippen LogP contribution in [0.15, 0.2) is 55.1 Å². The lowest BCUT2D eigenvalue weighted by atomic mass is 9.98. The van der Waals surface area contributed by atoms with Gasteiger partial charge in [-0.2, -0.15) is 0 Å². The summed E-state index contributed by atoms with van der Waals surface area (Å²) in [6, 6.07) is 14.1. The minimum absolute atomic E-state index is 0.0367. The van der Waals surface area contributed by atoms with Crippen LogP contribution >= 0.6 is 0 Å². The molecular weight excluding hydrogens is 336 g/mol. The maximum Gasteiger partial charge on any atom is 0.279 e. The molecule has 144 valence electrons. The molecule has 4 heteroatoms. The zero-order valence-corrected chi connectivity index (χ0v) is 16.8. The number of hydrogen-bond donors (Lipinski definition) is 2. The van der Waals surface area contributed by atoms with Gasteiger partial charge < -0.3 is 15.0 Å². The molecule has 0 aromatic heterocycles. The molecule has 0 bridgehead atoms. The van der Waals surface area contributed by atoms with Crippen LogP contribution in [0.25, 0.3) is 0 Å². The molecule has 27 heavy (non-hydrogen) atoms. The Hall–Kier alpha value is -2.59. The molecule has 2 aromatic carbocycles. The lowest BCUT2D eigenvalue weighted by Crippen LogP contribution is -3.08. The van der Waals surface area contributed by atoms with Crippen LogP contribution in [0.5, 0.6) is 5.75 Å². The molecule has 4 nitrogen and oxygen atoms in total. The summed E-state index contributed by atoms with van der Waals surface area (Å²) in [4.78, 5) is 13.7. The number of amides is 1. The van der Waals surface area contributed by atoms with E-state index in [-0.39, 0.29) is 5.91 Å². The van der Waals surface area contributed by atoms with Crippen LogP contribution in [0.1, 0.15) is 36.5 Å². The van der Waals surface area contributed by atoms with Gasteiger partial charge in [0.1, 0.15) is 18.9 Å². The summed E-state index contributed by atoms with van der Waals surface area (Å²) in [7, 11) is 2.03. The van der Waals surface area contributed by atoms with Crippen molar-refractivity contribution in [1.82, 2.24) is 0 Å². The Labute approximate surface area is 162 Å². The summed E-state index contributed by atoms with van der Waals surface area (Å²) in [6.07, 6.45) is 1.73. The molecule has 0 radical (unpaired) electrons. The third-order valence-electron chi connectivity index (χ3n) is 4.45. The highest BCUT2D eigenvalue weighted by molar-refractivity contribution is 5.93. The van der Waals surface area contributed by atoms with E-state index in [1.54, 1.807) is 6.08 Å². The normalized spacial score (nSPS) is 11.9. The Morgan fingerprint density at radius 3 is 2.56 bits per heavy atom. The second kappa shape index (κ2) is 9.93.